The number of aromatic nitrogens is 1. The molecular weight excluding hydrogens is 300 g/mol. The van der Waals surface area contributed by atoms with Crippen LogP contribution in [0.2, 0.25) is 0 Å². The molecule has 1 aromatic carbocycles. The van der Waals surface area contributed by atoms with Gasteiger partial charge in [-0.05, 0) is 29.8 Å². The number of rotatable bonds is 6. The number of amides is 1. The van der Waals surface area contributed by atoms with E-state index in [1.807, 2.05) is 0 Å². The summed E-state index contributed by atoms with van der Waals surface area (Å²) >= 11 is 0. The Hall–Kier alpha value is -3.22. The van der Waals surface area contributed by atoms with E-state index in [0.717, 1.165) is 0 Å². The third-order valence-electron chi connectivity index (χ3n) is 3.17. The van der Waals surface area contributed by atoms with Crippen molar-refractivity contribution in [2.75, 3.05) is 0 Å². The zero-order valence-corrected chi connectivity index (χ0v) is 12.0. The predicted octanol–water partition coefficient (Wildman–Crippen LogP) is 1.21. The van der Waals surface area contributed by atoms with Gasteiger partial charge in [-0.2, -0.15) is 0 Å². The van der Waals surface area contributed by atoms with Gasteiger partial charge in [0.1, 0.15) is 6.04 Å². The van der Waals surface area contributed by atoms with Crippen LogP contribution in [0.1, 0.15) is 26.3 Å². The second kappa shape index (κ2) is 7.17. The highest BCUT2D eigenvalue weighted by atomic mass is 16.4. The molecule has 0 aliphatic heterocycles. The number of carboxylic acids is 2. The van der Waals surface area contributed by atoms with Gasteiger partial charge in [-0.15, -0.1) is 0 Å². The number of hydrogen-bond donors (Lipinski definition) is 3. The largest absolute Gasteiger partial charge is 0.480 e. The molecule has 7 nitrogen and oxygen atoms in total. The summed E-state index contributed by atoms with van der Waals surface area (Å²) in [7, 11) is 0. The fraction of sp³-hybridized carbons (Fsp3) is 0.125. The SMILES string of the molecule is O=C(O)c1ccc(C[C@@H](NC(=O)c2cccnc2)C(=O)O)cc1. The Morgan fingerprint density at radius 2 is 1.74 bits per heavy atom. The van der Waals surface area contributed by atoms with Gasteiger partial charge in [-0.1, -0.05) is 12.1 Å². The maximum absolute atomic E-state index is 12.0. The molecule has 0 bridgehead atoms. The minimum atomic E-state index is -1.18. The van der Waals surface area contributed by atoms with Crippen LogP contribution in [-0.4, -0.2) is 39.1 Å². The third-order valence-corrected chi connectivity index (χ3v) is 3.17. The van der Waals surface area contributed by atoms with Crippen LogP contribution in [0.25, 0.3) is 0 Å². The lowest BCUT2D eigenvalue weighted by Crippen LogP contribution is -2.42. The number of nitrogens with one attached hydrogen (secondary N) is 1. The molecular formula is C16H14N2O5. The molecule has 0 aliphatic carbocycles. The van der Waals surface area contributed by atoms with Crippen molar-refractivity contribution in [2.24, 2.45) is 0 Å². The van der Waals surface area contributed by atoms with Gasteiger partial charge in [0, 0.05) is 18.8 Å². The highest BCUT2D eigenvalue weighted by Gasteiger charge is 2.21. The van der Waals surface area contributed by atoms with Gasteiger partial charge < -0.3 is 15.5 Å². The van der Waals surface area contributed by atoms with E-state index in [0.29, 0.717) is 5.56 Å². The lowest BCUT2D eigenvalue weighted by atomic mass is 10.0. The Labute approximate surface area is 131 Å². The van der Waals surface area contributed by atoms with Crippen molar-refractivity contribution in [1.29, 1.82) is 0 Å². The van der Waals surface area contributed by atoms with E-state index in [1.54, 1.807) is 6.07 Å². The van der Waals surface area contributed by atoms with E-state index in [2.05, 4.69) is 10.3 Å². The van der Waals surface area contributed by atoms with E-state index in [1.165, 1.54) is 42.7 Å². The van der Waals surface area contributed by atoms with Crippen LogP contribution in [0.3, 0.4) is 0 Å². The number of benzene rings is 1. The first kappa shape index (κ1) is 16.2. The van der Waals surface area contributed by atoms with Crippen molar-refractivity contribution in [3.8, 4) is 0 Å². The molecule has 0 spiro atoms. The summed E-state index contributed by atoms with van der Waals surface area (Å²) in [6, 6.07) is 7.81. The summed E-state index contributed by atoms with van der Waals surface area (Å²) in [5.41, 5.74) is 0.980. The van der Waals surface area contributed by atoms with E-state index in [4.69, 9.17) is 5.11 Å². The summed E-state index contributed by atoms with van der Waals surface area (Å²) < 4.78 is 0. The van der Waals surface area contributed by atoms with Crippen LogP contribution in [-0.2, 0) is 11.2 Å². The van der Waals surface area contributed by atoms with Crippen molar-refractivity contribution in [3.63, 3.8) is 0 Å². The number of carbonyl (C=O) groups is 3. The molecule has 2 rings (SSSR count). The molecule has 0 fully saturated rings. The lowest BCUT2D eigenvalue weighted by Gasteiger charge is -2.14. The minimum absolute atomic E-state index is 0.0429. The molecule has 2 aromatic rings. The van der Waals surface area contributed by atoms with Gasteiger partial charge in [-0.25, -0.2) is 9.59 Å². The number of aromatic carboxylic acids is 1. The lowest BCUT2D eigenvalue weighted by molar-refractivity contribution is -0.139. The molecule has 0 saturated heterocycles. The van der Waals surface area contributed by atoms with Crippen LogP contribution in [0.15, 0.2) is 48.8 Å². The summed E-state index contributed by atoms with van der Waals surface area (Å²) in [5, 5.41) is 20.5. The molecule has 1 aromatic heterocycles. The van der Waals surface area contributed by atoms with Crippen LogP contribution in [0, 0.1) is 0 Å². The molecule has 0 aliphatic rings. The Bertz CT molecular complexity index is 713. The van der Waals surface area contributed by atoms with Crippen molar-refractivity contribution in [2.45, 2.75) is 12.5 Å². The van der Waals surface area contributed by atoms with E-state index >= 15 is 0 Å². The maximum Gasteiger partial charge on any atom is 0.335 e. The number of pyridine rings is 1. The van der Waals surface area contributed by atoms with Crippen LogP contribution < -0.4 is 5.32 Å². The highest BCUT2D eigenvalue weighted by Crippen LogP contribution is 2.08. The number of carbonyl (C=O) groups excluding carboxylic acids is 1. The molecule has 1 atom stereocenters. The quantitative estimate of drug-likeness (QED) is 0.738. The van der Waals surface area contributed by atoms with Gasteiger partial charge in [0.2, 0.25) is 0 Å². The minimum Gasteiger partial charge on any atom is -0.480 e. The van der Waals surface area contributed by atoms with E-state index in [-0.39, 0.29) is 17.5 Å². The fourth-order valence-electron chi connectivity index (χ4n) is 1.96. The number of aliphatic carboxylic acids is 1. The van der Waals surface area contributed by atoms with E-state index in [9.17, 15) is 19.5 Å². The molecule has 0 saturated carbocycles. The summed E-state index contributed by atoms with van der Waals surface area (Å²) in [6.07, 6.45) is 2.90. The number of nitrogens with zero attached hydrogens (tertiary/aromatic N) is 1. The van der Waals surface area contributed by atoms with E-state index < -0.39 is 23.9 Å². The highest BCUT2D eigenvalue weighted by molar-refractivity contribution is 5.96. The molecule has 118 valence electrons. The Balaban J connectivity index is 2.08. The summed E-state index contributed by atoms with van der Waals surface area (Å²) in [6.45, 7) is 0. The van der Waals surface area contributed by atoms with Crippen molar-refractivity contribution < 1.29 is 24.6 Å². The molecule has 3 N–H and O–H groups in total. The topological polar surface area (TPSA) is 117 Å². The zero-order valence-electron chi connectivity index (χ0n) is 12.0. The van der Waals surface area contributed by atoms with Crippen LogP contribution in [0.5, 0.6) is 0 Å². The Kier molecular flexibility index (Phi) is 5.03. The average Bonchev–Trinajstić information content (AvgIpc) is 2.55. The van der Waals surface area contributed by atoms with Gasteiger partial charge in [0.25, 0.3) is 5.91 Å². The second-order valence-electron chi connectivity index (χ2n) is 4.81. The number of carboxylic acid groups (broad SMARTS) is 2. The molecule has 0 radical (unpaired) electrons. The first-order valence-corrected chi connectivity index (χ1v) is 6.73. The molecule has 23 heavy (non-hydrogen) atoms. The fourth-order valence-corrected chi connectivity index (χ4v) is 1.96. The van der Waals surface area contributed by atoms with Gasteiger partial charge in [-0.3, -0.25) is 9.78 Å². The standard InChI is InChI=1S/C16H14N2O5/c19-14(12-2-1-7-17-9-12)18-13(16(22)23)8-10-3-5-11(6-4-10)15(20)21/h1-7,9,13H,8H2,(H,18,19)(H,20,21)(H,22,23)/t13-/m1/s1. The Morgan fingerprint density at radius 3 is 2.26 bits per heavy atom. The smallest absolute Gasteiger partial charge is 0.335 e. The normalized spacial score (nSPS) is 11.5. The molecule has 7 heteroatoms. The first-order valence-electron chi connectivity index (χ1n) is 6.73. The Morgan fingerprint density at radius 1 is 1.04 bits per heavy atom. The van der Waals surface area contributed by atoms with Crippen LogP contribution >= 0.6 is 0 Å². The van der Waals surface area contributed by atoms with Gasteiger partial charge in [0.05, 0.1) is 11.1 Å². The third kappa shape index (κ3) is 4.37. The zero-order chi connectivity index (χ0) is 16.8. The van der Waals surface area contributed by atoms with Crippen LogP contribution in [0.4, 0.5) is 0 Å². The second-order valence-corrected chi connectivity index (χ2v) is 4.81. The summed E-state index contributed by atoms with van der Waals surface area (Å²) in [4.78, 5) is 37.9. The number of hydrogen-bond acceptors (Lipinski definition) is 4. The summed E-state index contributed by atoms with van der Waals surface area (Å²) in [5.74, 6) is -2.77. The molecule has 0 unspecified atom stereocenters. The van der Waals surface area contributed by atoms with Crippen molar-refractivity contribution >= 4 is 17.8 Å². The van der Waals surface area contributed by atoms with Gasteiger partial charge in [0.15, 0.2) is 0 Å². The maximum atomic E-state index is 12.0. The molecule has 1 heterocycles. The van der Waals surface area contributed by atoms with Crippen molar-refractivity contribution in [3.05, 3.63) is 65.5 Å². The first-order chi connectivity index (χ1) is 11.0. The van der Waals surface area contributed by atoms with Crippen molar-refractivity contribution in [1.82, 2.24) is 10.3 Å². The van der Waals surface area contributed by atoms with Gasteiger partial charge >= 0.3 is 11.9 Å². The predicted molar refractivity (Wildman–Crippen MR) is 80.2 cm³/mol. The molecule has 1 amide bonds. The average molecular weight is 314 g/mol. The monoisotopic (exact) mass is 314 g/mol.